The molecule has 2 N–H and O–H groups in total. The van der Waals surface area contributed by atoms with Crippen molar-refractivity contribution in [2.24, 2.45) is 5.92 Å². The molecule has 1 aliphatic rings. The molecular weight excluding hydrogens is 478 g/mol. The Bertz CT molecular complexity index is 1100. The van der Waals surface area contributed by atoms with Gasteiger partial charge in [-0.1, -0.05) is 18.5 Å². The van der Waals surface area contributed by atoms with Gasteiger partial charge in [-0.25, -0.2) is 4.79 Å². The minimum absolute atomic E-state index is 0.0753. The Morgan fingerprint density at radius 2 is 1.63 bits per heavy atom. The standard InChI is InChI=1S/C24H24ClN3O7/c1-2-11-34-23(32)16-5-9-19(10-6-16)28-13-17(12-21(28)30)24(33)35-14-20(29)26-27-22(31)15-3-7-18(25)8-4-15/h3-10,17H,2,11-14H2,1H3,(H,26,29)(H,27,31)/t17-/m0/s1. The lowest BCUT2D eigenvalue weighted by atomic mass is 10.1. The molecule has 11 heteroatoms. The number of halogens is 1. The Hall–Kier alpha value is -3.92. The third-order valence-corrected chi connectivity index (χ3v) is 5.33. The van der Waals surface area contributed by atoms with Crippen LogP contribution < -0.4 is 15.8 Å². The van der Waals surface area contributed by atoms with Crippen LogP contribution in [0.25, 0.3) is 0 Å². The predicted octanol–water partition coefficient (Wildman–Crippen LogP) is 2.26. The van der Waals surface area contributed by atoms with Gasteiger partial charge in [-0.05, 0) is 55.0 Å². The molecule has 1 atom stereocenters. The summed E-state index contributed by atoms with van der Waals surface area (Å²) in [7, 11) is 0. The van der Waals surface area contributed by atoms with Crippen LogP contribution in [-0.4, -0.2) is 49.4 Å². The van der Waals surface area contributed by atoms with Crippen molar-refractivity contribution in [3.8, 4) is 0 Å². The van der Waals surface area contributed by atoms with Gasteiger partial charge >= 0.3 is 11.9 Å². The van der Waals surface area contributed by atoms with E-state index in [-0.39, 0.29) is 24.4 Å². The van der Waals surface area contributed by atoms with Gasteiger partial charge in [-0.2, -0.15) is 0 Å². The molecule has 184 valence electrons. The maximum atomic E-state index is 12.4. The van der Waals surface area contributed by atoms with Gasteiger partial charge in [-0.15, -0.1) is 0 Å². The topological polar surface area (TPSA) is 131 Å². The molecule has 10 nitrogen and oxygen atoms in total. The van der Waals surface area contributed by atoms with Crippen LogP contribution in [0.5, 0.6) is 0 Å². The molecule has 0 saturated carbocycles. The summed E-state index contributed by atoms with van der Waals surface area (Å²) in [5.41, 5.74) is 5.52. The van der Waals surface area contributed by atoms with Crippen LogP contribution in [0.3, 0.4) is 0 Å². The normalized spacial score (nSPS) is 14.9. The molecule has 1 heterocycles. The highest BCUT2D eigenvalue weighted by atomic mass is 35.5. The van der Waals surface area contributed by atoms with Gasteiger partial charge in [-0.3, -0.25) is 30.0 Å². The van der Waals surface area contributed by atoms with Crippen LogP contribution in [0.2, 0.25) is 5.02 Å². The number of nitrogens with one attached hydrogen (secondary N) is 2. The zero-order valence-electron chi connectivity index (χ0n) is 18.9. The summed E-state index contributed by atoms with van der Waals surface area (Å²) in [6, 6.07) is 12.3. The van der Waals surface area contributed by atoms with Gasteiger partial charge in [0.1, 0.15) is 0 Å². The van der Waals surface area contributed by atoms with Crippen molar-refractivity contribution in [1.29, 1.82) is 0 Å². The van der Waals surface area contributed by atoms with Crippen molar-refractivity contribution >= 4 is 46.9 Å². The van der Waals surface area contributed by atoms with E-state index in [9.17, 15) is 24.0 Å². The lowest BCUT2D eigenvalue weighted by molar-refractivity contribution is -0.152. The molecule has 0 aromatic heterocycles. The number of anilines is 1. The number of esters is 2. The summed E-state index contributed by atoms with van der Waals surface area (Å²) in [5.74, 6) is -3.51. The first-order valence-electron chi connectivity index (χ1n) is 10.9. The first-order chi connectivity index (χ1) is 16.8. The van der Waals surface area contributed by atoms with Crippen molar-refractivity contribution in [1.82, 2.24) is 10.9 Å². The molecule has 0 radical (unpaired) electrons. The second-order valence-corrected chi connectivity index (χ2v) is 8.14. The highest BCUT2D eigenvalue weighted by molar-refractivity contribution is 6.30. The fraction of sp³-hybridized carbons (Fsp3) is 0.292. The monoisotopic (exact) mass is 501 g/mol. The largest absolute Gasteiger partial charge is 0.462 e. The minimum Gasteiger partial charge on any atom is -0.462 e. The number of ether oxygens (including phenoxy) is 2. The summed E-state index contributed by atoms with van der Waals surface area (Å²) < 4.78 is 10.1. The van der Waals surface area contributed by atoms with Crippen molar-refractivity contribution in [3.05, 3.63) is 64.7 Å². The average Bonchev–Trinajstić information content (AvgIpc) is 3.26. The Balaban J connectivity index is 1.45. The van der Waals surface area contributed by atoms with E-state index in [0.717, 1.165) is 0 Å². The number of benzene rings is 2. The highest BCUT2D eigenvalue weighted by Crippen LogP contribution is 2.26. The van der Waals surface area contributed by atoms with Gasteiger partial charge < -0.3 is 14.4 Å². The number of amides is 3. The van der Waals surface area contributed by atoms with Gasteiger partial charge in [0.2, 0.25) is 5.91 Å². The number of carbonyl (C=O) groups excluding carboxylic acids is 5. The molecule has 0 spiro atoms. The fourth-order valence-electron chi connectivity index (χ4n) is 3.26. The van der Waals surface area contributed by atoms with Crippen LogP contribution in [0.1, 0.15) is 40.5 Å². The van der Waals surface area contributed by atoms with E-state index in [1.807, 2.05) is 6.92 Å². The molecule has 0 aliphatic carbocycles. The minimum atomic E-state index is -0.756. The molecule has 3 rings (SSSR count). The third kappa shape index (κ3) is 7.03. The maximum absolute atomic E-state index is 12.4. The Morgan fingerprint density at radius 1 is 0.971 bits per heavy atom. The summed E-state index contributed by atoms with van der Waals surface area (Å²) in [4.78, 5) is 62.0. The van der Waals surface area contributed by atoms with E-state index in [1.54, 1.807) is 24.3 Å². The second kappa shape index (κ2) is 12.0. The zero-order chi connectivity index (χ0) is 25.4. The van der Waals surface area contributed by atoms with Gasteiger partial charge in [0.15, 0.2) is 6.61 Å². The molecule has 0 bridgehead atoms. The molecule has 3 amide bonds. The van der Waals surface area contributed by atoms with Crippen molar-refractivity contribution < 1.29 is 33.4 Å². The van der Waals surface area contributed by atoms with E-state index in [1.165, 1.54) is 29.2 Å². The summed E-state index contributed by atoms with van der Waals surface area (Å²) >= 11 is 5.76. The summed E-state index contributed by atoms with van der Waals surface area (Å²) in [6.45, 7) is 1.66. The van der Waals surface area contributed by atoms with Crippen LogP contribution in [0.4, 0.5) is 5.69 Å². The maximum Gasteiger partial charge on any atom is 0.338 e. The Morgan fingerprint density at radius 3 is 2.29 bits per heavy atom. The number of hydrazine groups is 1. The quantitative estimate of drug-likeness (QED) is 0.419. The van der Waals surface area contributed by atoms with Gasteiger partial charge in [0.25, 0.3) is 11.8 Å². The van der Waals surface area contributed by atoms with Gasteiger partial charge in [0, 0.05) is 29.2 Å². The van der Waals surface area contributed by atoms with Crippen molar-refractivity contribution in [3.63, 3.8) is 0 Å². The molecule has 1 aliphatic heterocycles. The lowest BCUT2D eigenvalue weighted by Gasteiger charge is -2.17. The van der Waals surface area contributed by atoms with Crippen molar-refractivity contribution in [2.45, 2.75) is 19.8 Å². The van der Waals surface area contributed by atoms with Crippen LogP contribution in [-0.2, 0) is 23.9 Å². The van der Waals surface area contributed by atoms with E-state index in [4.69, 9.17) is 21.1 Å². The number of hydrogen-bond acceptors (Lipinski definition) is 7. The van der Waals surface area contributed by atoms with Gasteiger partial charge in [0.05, 0.1) is 18.1 Å². The fourth-order valence-corrected chi connectivity index (χ4v) is 3.39. The van der Waals surface area contributed by atoms with Crippen LogP contribution >= 0.6 is 11.6 Å². The Labute approximate surface area is 206 Å². The molecule has 1 saturated heterocycles. The van der Waals surface area contributed by atoms with Crippen molar-refractivity contribution in [2.75, 3.05) is 24.7 Å². The lowest BCUT2D eigenvalue weighted by Crippen LogP contribution is -2.43. The van der Waals surface area contributed by atoms with E-state index < -0.39 is 36.3 Å². The first-order valence-corrected chi connectivity index (χ1v) is 11.2. The first kappa shape index (κ1) is 25.7. The summed E-state index contributed by atoms with van der Waals surface area (Å²) in [5, 5.41) is 0.464. The van der Waals surface area contributed by atoms with Crippen LogP contribution in [0.15, 0.2) is 48.5 Å². The third-order valence-electron chi connectivity index (χ3n) is 5.08. The number of carbonyl (C=O) groups is 5. The Kier molecular flexibility index (Phi) is 8.80. The number of rotatable bonds is 8. The molecule has 35 heavy (non-hydrogen) atoms. The average molecular weight is 502 g/mol. The molecule has 0 unspecified atom stereocenters. The van der Waals surface area contributed by atoms with Crippen LogP contribution in [0, 0.1) is 5.92 Å². The molecule has 1 fully saturated rings. The second-order valence-electron chi connectivity index (χ2n) is 7.71. The smallest absolute Gasteiger partial charge is 0.338 e. The zero-order valence-corrected chi connectivity index (χ0v) is 19.7. The van der Waals surface area contributed by atoms with E-state index in [0.29, 0.717) is 29.3 Å². The number of hydrogen-bond donors (Lipinski definition) is 2. The summed E-state index contributed by atoms with van der Waals surface area (Å²) in [6.07, 6.45) is 0.636. The SMILES string of the molecule is CCCOC(=O)c1ccc(N2C[C@@H](C(=O)OCC(=O)NNC(=O)c3ccc(Cl)cc3)CC2=O)cc1. The van der Waals surface area contributed by atoms with E-state index in [2.05, 4.69) is 10.9 Å². The predicted molar refractivity (Wildman–Crippen MR) is 125 cm³/mol. The molecule has 2 aromatic carbocycles. The molecular formula is C24H24ClN3O7. The molecule has 2 aromatic rings. The highest BCUT2D eigenvalue weighted by Gasteiger charge is 2.36. The van der Waals surface area contributed by atoms with E-state index >= 15 is 0 Å². The number of nitrogens with zero attached hydrogens (tertiary/aromatic N) is 1.